The molecule has 1 heterocycles. The average Bonchev–Trinajstić information content (AvgIpc) is 2.13. The normalized spacial score (nSPS) is 10.7. The zero-order valence-electron chi connectivity index (χ0n) is 6.01. The lowest BCUT2D eigenvalue weighted by atomic mass is 10.6. The van der Waals surface area contributed by atoms with E-state index >= 15 is 0 Å². The Morgan fingerprint density at radius 1 is 1.50 bits per heavy atom. The SMILES string of the molecule is CN(C)Cc1nc(=S)[nH][nH]1. The molecule has 1 rings (SSSR count). The zero-order valence-corrected chi connectivity index (χ0v) is 6.83. The maximum absolute atomic E-state index is 4.77. The molecule has 0 aromatic carbocycles. The Bertz CT molecular complexity index is 248. The maximum atomic E-state index is 4.77. The van der Waals surface area contributed by atoms with Gasteiger partial charge in [-0.3, -0.25) is 10.2 Å². The maximum Gasteiger partial charge on any atom is 0.213 e. The van der Waals surface area contributed by atoms with Gasteiger partial charge in [-0.15, -0.1) is 0 Å². The molecule has 1 aromatic heterocycles. The summed E-state index contributed by atoms with van der Waals surface area (Å²) >= 11 is 4.77. The molecule has 0 fully saturated rings. The number of nitrogens with one attached hydrogen (secondary N) is 2. The lowest BCUT2D eigenvalue weighted by Gasteiger charge is -2.04. The third kappa shape index (κ3) is 1.93. The van der Waals surface area contributed by atoms with Crippen LogP contribution >= 0.6 is 12.2 Å². The van der Waals surface area contributed by atoms with E-state index in [9.17, 15) is 0 Å². The van der Waals surface area contributed by atoms with Gasteiger partial charge in [0.25, 0.3) is 0 Å². The molecule has 0 radical (unpaired) electrons. The van der Waals surface area contributed by atoms with Crippen molar-refractivity contribution in [3.8, 4) is 0 Å². The lowest BCUT2D eigenvalue weighted by molar-refractivity contribution is 0.391. The van der Waals surface area contributed by atoms with Gasteiger partial charge in [0.15, 0.2) is 0 Å². The van der Waals surface area contributed by atoms with Crippen LogP contribution in [0.2, 0.25) is 0 Å². The summed E-state index contributed by atoms with van der Waals surface area (Å²) in [5.41, 5.74) is 0. The summed E-state index contributed by atoms with van der Waals surface area (Å²) in [6, 6.07) is 0. The van der Waals surface area contributed by atoms with Crippen molar-refractivity contribution in [1.82, 2.24) is 20.1 Å². The van der Waals surface area contributed by atoms with E-state index in [1.165, 1.54) is 0 Å². The van der Waals surface area contributed by atoms with E-state index in [2.05, 4.69) is 15.2 Å². The van der Waals surface area contributed by atoms with E-state index in [-0.39, 0.29) is 0 Å². The summed E-state index contributed by atoms with van der Waals surface area (Å²) in [5.74, 6) is 0.870. The van der Waals surface area contributed by atoms with E-state index in [4.69, 9.17) is 12.2 Å². The Kier molecular flexibility index (Phi) is 2.18. The highest BCUT2D eigenvalue weighted by Gasteiger charge is 1.95. The molecule has 0 spiro atoms. The molecule has 56 valence electrons. The van der Waals surface area contributed by atoms with Crippen molar-refractivity contribution in [3.63, 3.8) is 0 Å². The summed E-state index contributed by atoms with van der Waals surface area (Å²) < 4.78 is 0.511. The molecule has 1 aromatic rings. The van der Waals surface area contributed by atoms with Crippen molar-refractivity contribution in [2.45, 2.75) is 6.54 Å². The zero-order chi connectivity index (χ0) is 7.56. The number of aromatic nitrogens is 3. The number of H-pyrrole nitrogens is 2. The minimum Gasteiger partial charge on any atom is -0.302 e. The van der Waals surface area contributed by atoms with Crippen LogP contribution in [0.15, 0.2) is 0 Å². The van der Waals surface area contributed by atoms with Crippen molar-refractivity contribution in [1.29, 1.82) is 0 Å². The molecule has 0 aliphatic rings. The van der Waals surface area contributed by atoms with Crippen LogP contribution < -0.4 is 0 Å². The molecule has 0 saturated heterocycles. The second-order valence-corrected chi connectivity index (χ2v) is 2.74. The molecule has 0 aliphatic carbocycles. The smallest absolute Gasteiger partial charge is 0.213 e. The van der Waals surface area contributed by atoms with Gasteiger partial charge < -0.3 is 4.90 Å². The Hall–Kier alpha value is -0.680. The summed E-state index contributed by atoms with van der Waals surface area (Å²) in [6.45, 7) is 0.785. The van der Waals surface area contributed by atoms with Gasteiger partial charge in [0.1, 0.15) is 5.82 Å². The second-order valence-electron chi connectivity index (χ2n) is 2.35. The molecule has 2 N–H and O–H groups in total. The molecule has 10 heavy (non-hydrogen) atoms. The lowest BCUT2D eigenvalue weighted by Crippen LogP contribution is -2.11. The number of hydrogen-bond acceptors (Lipinski definition) is 3. The van der Waals surface area contributed by atoms with Crippen LogP contribution in [0.25, 0.3) is 0 Å². The predicted octanol–water partition coefficient (Wildman–Crippen LogP) is 0.529. The fourth-order valence-corrected chi connectivity index (χ4v) is 0.840. The first-order chi connectivity index (χ1) is 4.68. The standard InChI is InChI=1S/C5H10N4S/c1-9(2)3-4-6-5(10)8-7-4/h3H2,1-2H3,(H2,6,7,8,10). The minimum absolute atomic E-state index is 0.511. The first-order valence-corrected chi connectivity index (χ1v) is 3.37. The fraction of sp³-hybridized carbons (Fsp3) is 0.600. The highest BCUT2D eigenvalue weighted by atomic mass is 32.1. The Morgan fingerprint density at radius 3 is 2.60 bits per heavy atom. The van der Waals surface area contributed by atoms with Crippen LogP contribution in [-0.2, 0) is 6.54 Å². The summed E-state index contributed by atoms with van der Waals surface area (Å²) in [7, 11) is 3.96. The van der Waals surface area contributed by atoms with Gasteiger partial charge in [-0.1, -0.05) is 0 Å². The highest BCUT2D eigenvalue weighted by molar-refractivity contribution is 7.71. The van der Waals surface area contributed by atoms with Gasteiger partial charge >= 0.3 is 0 Å². The number of nitrogens with zero attached hydrogens (tertiary/aromatic N) is 2. The van der Waals surface area contributed by atoms with Gasteiger partial charge in [0.05, 0.1) is 6.54 Å². The Morgan fingerprint density at radius 2 is 2.20 bits per heavy atom. The molecule has 0 saturated carbocycles. The van der Waals surface area contributed by atoms with E-state index in [1.807, 2.05) is 19.0 Å². The average molecular weight is 158 g/mol. The Balaban J connectivity index is 2.67. The highest BCUT2D eigenvalue weighted by Crippen LogP contribution is 1.90. The molecular weight excluding hydrogens is 148 g/mol. The third-order valence-corrected chi connectivity index (χ3v) is 1.21. The van der Waals surface area contributed by atoms with E-state index in [0.717, 1.165) is 12.4 Å². The first kappa shape index (κ1) is 7.43. The van der Waals surface area contributed by atoms with E-state index < -0.39 is 0 Å². The van der Waals surface area contributed by atoms with Crippen molar-refractivity contribution in [2.24, 2.45) is 0 Å². The minimum atomic E-state index is 0.511. The van der Waals surface area contributed by atoms with Gasteiger partial charge in [-0.2, -0.15) is 0 Å². The van der Waals surface area contributed by atoms with Gasteiger partial charge in [-0.25, -0.2) is 4.98 Å². The van der Waals surface area contributed by atoms with Crippen LogP contribution in [0.4, 0.5) is 0 Å². The summed E-state index contributed by atoms with van der Waals surface area (Å²) in [5, 5.41) is 5.58. The molecule has 5 heteroatoms. The van der Waals surface area contributed by atoms with Crippen LogP contribution in [0.3, 0.4) is 0 Å². The predicted molar refractivity (Wildman–Crippen MR) is 41.2 cm³/mol. The molecule has 0 aliphatic heterocycles. The molecule has 0 bridgehead atoms. The summed E-state index contributed by atoms with van der Waals surface area (Å²) in [6.07, 6.45) is 0. The largest absolute Gasteiger partial charge is 0.302 e. The monoisotopic (exact) mass is 158 g/mol. The third-order valence-electron chi connectivity index (χ3n) is 1.02. The van der Waals surface area contributed by atoms with Crippen molar-refractivity contribution >= 4 is 12.2 Å². The van der Waals surface area contributed by atoms with Gasteiger partial charge in [0, 0.05) is 0 Å². The van der Waals surface area contributed by atoms with Crippen LogP contribution in [0.1, 0.15) is 5.82 Å². The molecule has 0 amide bonds. The number of hydrogen-bond donors (Lipinski definition) is 2. The quantitative estimate of drug-likeness (QED) is 0.617. The number of aromatic amines is 2. The van der Waals surface area contributed by atoms with Gasteiger partial charge in [0.2, 0.25) is 4.77 Å². The fourth-order valence-electron chi connectivity index (χ4n) is 0.679. The summed E-state index contributed by atoms with van der Waals surface area (Å²) in [4.78, 5) is 6.03. The number of rotatable bonds is 2. The van der Waals surface area contributed by atoms with Crippen molar-refractivity contribution in [2.75, 3.05) is 14.1 Å². The van der Waals surface area contributed by atoms with Crippen LogP contribution in [0.5, 0.6) is 0 Å². The first-order valence-electron chi connectivity index (χ1n) is 2.97. The van der Waals surface area contributed by atoms with Crippen molar-refractivity contribution < 1.29 is 0 Å². The van der Waals surface area contributed by atoms with E-state index in [0.29, 0.717) is 4.77 Å². The van der Waals surface area contributed by atoms with Crippen LogP contribution in [0, 0.1) is 4.77 Å². The second kappa shape index (κ2) is 2.94. The topological polar surface area (TPSA) is 47.7 Å². The molecular formula is C5H10N4S. The molecule has 4 nitrogen and oxygen atoms in total. The van der Waals surface area contributed by atoms with Gasteiger partial charge in [-0.05, 0) is 26.3 Å². The molecule has 0 atom stereocenters. The molecule has 0 unspecified atom stereocenters. The Labute approximate surface area is 64.3 Å². The van der Waals surface area contributed by atoms with Crippen molar-refractivity contribution in [3.05, 3.63) is 10.6 Å². The van der Waals surface area contributed by atoms with Crippen LogP contribution in [-0.4, -0.2) is 34.2 Å². The van der Waals surface area contributed by atoms with E-state index in [1.54, 1.807) is 0 Å².